The van der Waals surface area contributed by atoms with Crippen LogP contribution in [0.15, 0.2) is 0 Å². The number of anilines is 1. The van der Waals surface area contributed by atoms with Crippen LogP contribution in [-0.4, -0.2) is 4.98 Å². The minimum atomic E-state index is 0.188. The molecular formula is C7H11N3S. The molecule has 1 heterocycles. The van der Waals surface area contributed by atoms with E-state index in [0.29, 0.717) is 5.13 Å². The Morgan fingerprint density at radius 1 is 1.55 bits per heavy atom. The smallest absolute Gasteiger partial charge is 0.180 e. The molecule has 0 bridgehead atoms. The topological polar surface area (TPSA) is 64.9 Å². The summed E-state index contributed by atoms with van der Waals surface area (Å²) in [5.74, 6) is 0. The van der Waals surface area contributed by atoms with Crippen molar-refractivity contribution in [1.29, 1.82) is 0 Å². The Bertz CT molecular complexity index is 269. The first-order chi connectivity index (χ1) is 5.27. The van der Waals surface area contributed by atoms with E-state index >= 15 is 0 Å². The summed E-state index contributed by atoms with van der Waals surface area (Å²) in [6.07, 6.45) is 3.28. The number of nitrogens with zero attached hydrogens (tertiary/aromatic N) is 1. The third kappa shape index (κ3) is 1.12. The highest BCUT2D eigenvalue weighted by Crippen LogP contribution is 2.33. The second-order valence-electron chi connectivity index (χ2n) is 2.86. The number of hydrogen-bond acceptors (Lipinski definition) is 4. The van der Waals surface area contributed by atoms with E-state index in [1.807, 2.05) is 0 Å². The van der Waals surface area contributed by atoms with E-state index in [0.717, 1.165) is 25.0 Å². The molecule has 4 N–H and O–H groups in total. The van der Waals surface area contributed by atoms with Gasteiger partial charge in [-0.25, -0.2) is 4.98 Å². The summed E-state index contributed by atoms with van der Waals surface area (Å²) in [6, 6.07) is 0.188. The molecule has 0 aromatic carbocycles. The molecule has 2 rings (SSSR count). The molecule has 1 unspecified atom stereocenters. The van der Waals surface area contributed by atoms with E-state index in [1.165, 1.54) is 16.2 Å². The van der Waals surface area contributed by atoms with Crippen molar-refractivity contribution in [3.63, 3.8) is 0 Å². The number of rotatable bonds is 0. The van der Waals surface area contributed by atoms with Crippen LogP contribution >= 0.6 is 11.3 Å². The fraction of sp³-hybridized carbons (Fsp3) is 0.571. The van der Waals surface area contributed by atoms with E-state index < -0.39 is 0 Å². The predicted octanol–water partition coefficient (Wildman–Crippen LogP) is 1.06. The van der Waals surface area contributed by atoms with Gasteiger partial charge in [0.05, 0.1) is 5.69 Å². The van der Waals surface area contributed by atoms with Crippen LogP contribution in [0.2, 0.25) is 0 Å². The van der Waals surface area contributed by atoms with Gasteiger partial charge in [0.15, 0.2) is 5.13 Å². The maximum absolute atomic E-state index is 5.87. The Balaban J connectivity index is 2.43. The Labute approximate surface area is 69.4 Å². The largest absolute Gasteiger partial charge is 0.375 e. The first-order valence-corrected chi connectivity index (χ1v) is 4.59. The van der Waals surface area contributed by atoms with Gasteiger partial charge in [0.2, 0.25) is 0 Å². The number of nitrogen functional groups attached to an aromatic ring is 1. The molecule has 1 aliphatic carbocycles. The zero-order valence-electron chi connectivity index (χ0n) is 6.21. The van der Waals surface area contributed by atoms with E-state index in [4.69, 9.17) is 11.5 Å². The van der Waals surface area contributed by atoms with Crippen molar-refractivity contribution in [3.05, 3.63) is 10.6 Å². The maximum atomic E-state index is 5.87. The van der Waals surface area contributed by atoms with E-state index in [-0.39, 0.29) is 6.04 Å². The lowest BCUT2D eigenvalue weighted by Gasteiger charge is -2.15. The number of thiazole rings is 1. The minimum Gasteiger partial charge on any atom is -0.375 e. The van der Waals surface area contributed by atoms with Crippen molar-refractivity contribution in [3.8, 4) is 0 Å². The van der Waals surface area contributed by atoms with Gasteiger partial charge >= 0.3 is 0 Å². The molecule has 4 heteroatoms. The van der Waals surface area contributed by atoms with Crippen molar-refractivity contribution in [2.45, 2.75) is 25.3 Å². The Hall–Kier alpha value is -0.610. The molecule has 3 nitrogen and oxygen atoms in total. The first-order valence-electron chi connectivity index (χ1n) is 3.78. The van der Waals surface area contributed by atoms with Crippen LogP contribution in [0, 0.1) is 0 Å². The molecule has 0 radical (unpaired) electrons. The second kappa shape index (κ2) is 2.46. The summed E-state index contributed by atoms with van der Waals surface area (Å²) < 4.78 is 0. The summed E-state index contributed by atoms with van der Waals surface area (Å²) >= 11 is 1.54. The van der Waals surface area contributed by atoms with Gasteiger partial charge in [0, 0.05) is 10.9 Å². The maximum Gasteiger partial charge on any atom is 0.180 e. The summed E-state index contributed by atoms with van der Waals surface area (Å²) in [4.78, 5) is 5.42. The fourth-order valence-electron chi connectivity index (χ4n) is 1.47. The molecule has 0 saturated carbocycles. The van der Waals surface area contributed by atoms with Crippen molar-refractivity contribution in [2.24, 2.45) is 5.73 Å². The second-order valence-corrected chi connectivity index (χ2v) is 3.92. The SMILES string of the molecule is Nc1nc2c(s1)C(N)CCC2. The third-order valence-corrected chi connectivity index (χ3v) is 3.07. The molecule has 0 amide bonds. The Morgan fingerprint density at radius 2 is 2.36 bits per heavy atom. The summed E-state index contributed by atoms with van der Waals surface area (Å²) in [5, 5.41) is 0.660. The molecule has 0 saturated heterocycles. The summed E-state index contributed by atoms with van der Waals surface area (Å²) in [7, 11) is 0. The van der Waals surface area contributed by atoms with Crippen LogP contribution in [0.3, 0.4) is 0 Å². The van der Waals surface area contributed by atoms with Crippen LogP contribution in [0.25, 0.3) is 0 Å². The molecule has 1 aromatic rings. The van der Waals surface area contributed by atoms with Gasteiger partial charge in [-0.05, 0) is 19.3 Å². The van der Waals surface area contributed by atoms with Crippen molar-refractivity contribution < 1.29 is 0 Å². The molecule has 11 heavy (non-hydrogen) atoms. The fourth-order valence-corrected chi connectivity index (χ4v) is 2.39. The van der Waals surface area contributed by atoms with Crippen molar-refractivity contribution >= 4 is 16.5 Å². The number of nitrogens with two attached hydrogens (primary N) is 2. The molecule has 1 atom stereocenters. The van der Waals surface area contributed by atoms with E-state index in [1.54, 1.807) is 0 Å². The lowest BCUT2D eigenvalue weighted by atomic mass is 9.99. The van der Waals surface area contributed by atoms with Gasteiger partial charge in [-0.15, -0.1) is 11.3 Å². The molecule has 1 aromatic heterocycles. The van der Waals surface area contributed by atoms with Gasteiger partial charge in [0.1, 0.15) is 0 Å². The highest BCUT2D eigenvalue weighted by atomic mass is 32.1. The standard InChI is InChI=1S/C7H11N3S/c8-4-2-1-3-5-6(4)11-7(9)10-5/h4H,1-3,8H2,(H2,9,10). The monoisotopic (exact) mass is 169 g/mol. The molecular weight excluding hydrogens is 158 g/mol. The summed E-state index contributed by atoms with van der Waals surface area (Å²) in [6.45, 7) is 0. The van der Waals surface area contributed by atoms with Crippen molar-refractivity contribution in [1.82, 2.24) is 4.98 Å². The van der Waals surface area contributed by atoms with Crippen LogP contribution in [-0.2, 0) is 6.42 Å². The molecule has 0 spiro atoms. The van der Waals surface area contributed by atoms with Gasteiger partial charge in [-0.3, -0.25) is 0 Å². The van der Waals surface area contributed by atoms with Gasteiger partial charge in [-0.2, -0.15) is 0 Å². The lowest BCUT2D eigenvalue weighted by Crippen LogP contribution is -2.15. The minimum absolute atomic E-state index is 0.188. The van der Waals surface area contributed by atoms with E-state index in [2.05, 4.69) is 4.98 Å². The third-order valence-electron chi connectivity index (χ3n) is 2.01. The van der Waals surface area contributed by atoms with E-state index in [9.17, 15) is 0 Å². The summed E-state index contributed by atoms with van der Waals surface area (Å²) in [5.41, 5.74) is 12.6. The normalized spacial score (nSPS) is 23.2. The van der Waals surface area contributed by atoms with Crippen molar-refractivity contribution in [2.75, 3.05) is 5.73 Å². The average Bonchev–Trinajstić information content (AvgIpc) is 2.31. The van der Waals surface area contributed by atoms with Crippen LogP contribution in [0.5, 0.6) is 0 Å². The van der Waals surface area contributed by atoms with Gasteiger partial charge in [0.25, 0.3) is 0 Å². The first kappa shape index (κ1) is 7.06. The quantitative estimate of drug-likeness (QED) is 0.610. The Morgan fingerprint density at radius 3 is 3.09 bits per heavy atom. The number of aromatic nitrogens is 1. The Kier molecular flexibility index (Phi) is 1.58. The molecule has 0 fully saturated rings. The lowest BCUT2D eigenvalue weighted by molar-refractivity contribution is 0.573. The number of hydrogen-bond donors (Lipinski definition) is 2. The molecule has 1 aliphatic rings. The van der Waals surface area contributed by atoms with Crippen LogP contribution in [0.4, 0.5) is 5.13 Å². The van der Waals surface area contributed by atoms with Crippen LogP contribution in [0.1, 0.15) is 29.5 Å². The number of fused-ring (bicyclic) bond motifs is 1. The van der Waals surface area contributed by atoms with Gasteiger partial charge < -0.3 is 11.5 Å². The predicted molar refractivity (Wildman–Crippen MR) is 46.4 cm³/mol. The highest BCUT2D eigenvalue weighted by Gasteiger charge is 2.20. The number of aryl methyl sites for hydroxylation is 1. The molecule has 60 valence electrons. The molecule has 0 aliphatic heterocycles. The van der Waals surface area contributed by atoms with Gasteiger partial charge in [-0.1, -0.05) is 0 Å². The zero-order chi connectivity index (χ0) is 7.84. The zero-order valence-corrected chi connectivity index (χ0v) is 7.03. The van der Waals surface area contributed by atoms with Crippen LogP contribution < -0.4 is 11.5 Å². The highest BCUT2D eigenvalue weighted by molar-refractivity contribution is 7.15. The average molecular weight is 169 g/mol.